The van der Waals surface area contributed by atoms with E-state index in [0.29, 0.717) is 6.54 Å². The van der Waals surface area contributed by atoms with Crippen LogP contribution in [-0.4, -0.2) is 19.0 Å². The van der Waals surface area contributed by atoms with Gasteiger partial charge in [0.15, 0.2) is 0 Å². The zero-order chi connectivity index (χ0) is 13.8. The highest BCUT2D eigenvalue weighted by Crippen LogP contribution is 2.17. The van der Waals surface area contributed by atoms with Crippen molar-refractivity contribution in [2.24, 2.45) is 5.41 Å². The van der Waals surface area contributed by atoms with Crippen molar-refractivity contribution in [1.82, 2.24) is 5.32 Å². The third-order valence-corrected chi connectivity index (χ3v) is 2.96. The summed E-state index contributed by atoms with van der Waals surface area (Å²) in [6, 6.07) is 7.78. The minimum atomic E-state index is -1.17. The van der Waals surface area contributed by atoms with E-state index in [1.165, 1.54) is 7.11 Å². The Morgan fingerprint density at radius 1 is 1.28 bits per heavy atom. The normalized spacial score (nSPS) is 10.9. The van der Waals surface area contributed by atoms with E-state index in [9.17, 15) is 9.59 Å². The number of carbonyl (C=O) groups is 2. The molecule has 1 rings (SSSR count). The summed E-state index contributed by atoms with van der Waals surface area (Å²) in [5, 5.41) is 2.76. The fraction of sp³-hybridized carbons (Fsp3) is 0.429. The number of aryl methyl sites for hydroxylation is 1. The highest BCUT2D eigenvalue weighted by atomic mass is 16.5. The van der Waals surface area contributed by atoms with Crippen molar-refractivity contribution in [2.75, 3.05) is 7.11 Å². The van der Waals surface area contributed by atoms with Gasteiger partial charge in [-0.25, -0.2) is 0 Å². The average molecular weight is 249 g/mol. The Balaban J connectivity index is 2.67. The Morgan fingerprint density at radius 2 is 1.89 bits per heavy atom. The van der Waals surface area contributed by atoms with Gasteiger partial charge >= 0.3 is 5.97 Å². The predicted molar refractivity (Wildman–Crippen MR) is 68.8 cm³/mol. The van der Waals surface area contributed by atoms with Crippen LogP contribution in [-0.2, 0) is 20.9 Å². The molecule has 0 saturated carbocycles. The standard InChI is InChI=1S/C14H19NO3/c1-10-7-5-6-8-11(10)9-15-12(16)14(2,3)13(17)18-4/h5-8H,9H2,1-4H3,(H,15,16). The Labute approximate surface area is 107 Å². The molecule has 18 heavy (non-hydrogen) atoms. The van der Waals surface area contributed by atoms with Crippen molar-refractivity contribution in [2.45, 2.75) is 27.3 Å². The van der Waals surface area contributed by atoms with Crippen LogP contribution < -0.4 is 5.32 Å². The summed E-state index contributed by atoms with van der Waals surface area (Å²) >= 11 is 0. The van der Waals surface area contributed by atoms with Gasteiger partial charge in [0.2, 0.25) is 5.91 Å². The van der Waals surface area contributed by atoms with E-state index in [-0.39, 0.29) is 5.91 Å². The van der Waals surface area contributed by atoms with E-state index in [2.05, 4.69) is 10.1 Å². The van der Waals surface area contributed by atoms with E-state index in [1.54, 1.807) is 13.8 Å². The first-order valence-electron chi connectivity index (χ1n) is 5.81. The van der Waals surface area contributed by atoms with Gasteiger partial charge in [-0.2, -0.15) is 0 Å². The van der Waals surface area contributed by atoms with Gasteiger partial charge in [0.05, 0.1) is 7.11 Å². The number of methoxy groups -OCH3 is 1. The molecule has 0 unspecified atom stereocenters. The molecule has 0 aliphatic heterocycles. The van der Waals surface area contributed by atoms with Gasteiger partial charge in [-0.1, -0.05) is 24.3 Å². The number of carbonyl (C=O) groups excluding carboxylic acids is 2. The van der Waals surface area contributed by atoms with Gasteiger partial charge < -0.3 is 10.1 Å². The minimum absolute atomic E-state index is 0.336. The maximum absolute atomic E-state index is 11.9. The molecule has 98 valence electrons. The Hall–Kier alpha value is -1.84. The van der Waals surface area contributed by atoms with Crippen molar-refractivity contribution >= 4 is 11.9 Å². The molecule has 1 amide bonds. The second-order valence-electron chi connectivity index (χ2n) is 4.73. The van der Waals surface area contributed by atoms with Crippen LogP contribution in [0.4, 0.5) is 0 Å². The van der Waals surface area contributed by atoms with Crippen LogP contribution in [0.2, 0.25) is 0 Å². The number of ether oxygens (including phenoxy) is 1. The molecule has 4 nitrogen and oxygen atoms in total. The summed E-state index contributed by atoms with van der Waals surface area (Å²) in [5.41, 5.74) is 0.970. The molecule has 1 aromatic carbocycles. The number of hydrogen-bond donors (Lipinski definition) is 1. The SMILES string of the molecule is COC(=O)C(C)(C)C(=O)NCc1ccccc1C. The van der Waals surface area contributed by atoms with E-state index < -0.39 is 11.4 Å². The van der Waals surface area contributed by atoms with Crippen molar-refractivity contribution in [3.63, 3.8) is 0 Å². The maximum Gasteiger partial charge on any atom is 0.320 e. The first-order chi connectivity index (χ1) is 8.39. The molecule has 0 aliphatic rings. The lowest BCUT2D eigenvalue weighted by Gasteiger charge is -2.20. The molecule has 0 heterocycles. The summed E-state index contributed by atoms with van der Waals surface area (Å²) in [4.78, 5) is 23.4. The molecule has 1 N–H and O–H groups in total. The van der Waals surface area contributed by atoms with Crippen LogP contribution in [0.15, 0.2) is 24.3 Å². The number of esters is 1. The molecule has 0 saturated heterocycles. The lowest BCUT2D eigenvalue weighted by molar-refractivity contribution is -0.156. The van der Waals surface area contributed by atoms with Crippen molar-refractivity contribution in [3.8, 4) is 0 Å². The van der Waals surface area contributed by atoms with E-state index >= 15 is 0 Å². The molecule has 0 radical (unpaired) electrons. The second-order valence-corrected chi connectivity index (χ2v) is 4.73. The molecule has 1 aromatic rings. The summed E-state index contributed by atoms with van der Waals surface area (Å²) in [6.45, 7) is 5.48. The lowest BCUT2D eigenvalue weighted by Crippen LogP contribution is -2.42. The largest absolute Gasteiger partial charge is 0.468 e. The molecule has 0 atom stereocenters. The molecule has 0 aromatic heterocycles. The third-order valence-electron chi connectivity index (χ3n) is 2.96. The van der Waals surface area contributed by atoms with Crippen molar-refractivity contribution in [1.29, 1.82) is 0 Å². The van der Waals surface area contributed by atoms with E-state index in [4.69, 9.17) is 0 Å². The fourth-order valence-corrected chi connectivity index (χ4v) is 1.55. The topological polar surface area (TPSA) is 55.4 Å². The minimum Gasteiger partial charge on any atom is -0.468 e. The van der Waals surface area contributed by atoms with Crippen LogP contribution in [0.3, 0.4) is 0 Å². The molecule has 4 heteroatoms. The average Bonchev–Trinajstić information content (AvgIpc) is 2.36. The zero-order valence-electron chi connectivity index (χ0n) is 11.2. The quantitative estimate of drug-likeness (QED) is 0.654. The van der Waals surface area contributed by atoms with Crippen LogP contribution in [0.5, 0.6) is 0 Å². The second kappa shape index (κ2) is 5.67. The Kier molecular flexibility index (Phi) is 4.48. The summed E-state index contributed by atoms with van der Waals surface area (Å²) in [6.07, 6.45) is 0. The van der Waals surface area contributed by atoms with Gasteiger partial charge in [0.25, 0.3) is 0 Å². The van der Waals surface area contributed by atoms with Crippen LogP contribution in [0, 0.1) is 12.3 Å². The molecule has 0 spiro atoms. The van der Waals surface area contributed by atoms with Crippen molar-refractivity contribution in [3.05, 3.63) is 35.4 Å². The van der Waals surface area contributed by atoms with Gasteiger partial charge in [0.1, 0.15) is 5.41 Å². The van der Waals surface area contributed by atoms with Crippen LogP contribution >= 0.6 is 0 Å². The zero-order valence-corrected chi connectivity index (χ0v) is 11.2. The van der Waals surface area contributed by atoms with Crippen molar-refractivity contribution < 1.29 is 14.3 Å². The predicted octanol–water partition coefficient (Wildman–Crippen LogP) is 1.81. The van der Waals surface area contributed by atoms with Gasteiger partial charge in [-0.05, 0) is 31.9 Å². The smallest absolute Gasteiger partial charge is 0.320 e. The summed E-state index contributed by atoms with van der Waals surface area (Å²) in [5.74, 6) is -0.873. The van der Waals surface area contributed by atoms with E-state index in [1.807, 2.05) is 31.2 Å². The van der Waals surface area contributed by atoms with Gasteiger partial charge in [-0.15, -0.1) is 0 Å². The first-order valence-corrected chi connectivity index (χ1v) is 5.81. The third kappa shape index (κ3) is 3.09. The van der Waals surface area contributed by atoms with Gasteiger partial charge in [-0.3, -0.25) is 9.59 Å². The molecule has 0 bridgehead atoms. The summed E-state index contributed by atoms with van der Waals surface area (Å²) < 4.78 is 4.61. The van der Waals surface area contributed by atoms with E-state index in [0.717, 1.165) is 11.1 Å². The van der Waals surface area contributed by atoms with Crippen LogP contribution in [0.1, 0.15) is 25.0 Å². The maximum atomic E-state index is 11.9. The highest BCUT2D eigenvalue weighted by molar-refractivity contribution is 6.01. The molecule has 0 aliphatic carbocycles. The highest BCUT2D eigenvalue weighted by Gasteiger charge is 2.36. The Bertz CT molecular complexity index is 452. The number of rotatable bonds is 4. The van der Waals surface area contributed by atoms with Crippen LogP contribution in [0.25, 0.3) is 0 Å². The number of benzene rings is 1. The number of amides is 1. The first kappa shape index (κ1) is 14.2. The fourth-order valence-electron chi connectivity index (χ4n) is 1.55. The Morgan fingerprint density at radius 3 is 2.44 bits per heavy atom. The monoisotopic (exact) mass is 249 g/mol. The van der Waals surface area contributed by atoms with Gasteiger partial charge in [0, 0.05) is 6.54 Å². The molecular formula is C14H19NO3. The summed E-state index contributed by atoms with van der Waals surface area (Å²) in [7, 11) is 1.28. The lowest BCUT2D eigenvalue weighted by atomic mass is 9.92. The number of nitrogens with one attached hydrogen (secondary N) is 1. The molecule has 0 fully saturated rings. The number of hydrogen-bond acceptors (Lipinski definition) is 3. The molecular weight excluding hydrogens is 230 g/mol.